The Morgan fingerprint density at radius 1 is 1.53 bits per heavy atom. The third-order valence-corrected chi connectivity index (χ3v) is 4.05. The topological polar surface area (TPSA) is 29.5 Å². The molecule has 104 valence electrons. The molecule has 1 aliphatic rings. The van der Waals surface area contributed by atoms with Crippen molar-refractivity contribution in [2.45, 2.75) is 39.2 Å². The Balaban J connectivity index is 2.20. The molecular formula is C16H23NO2. The highest BCUT2D eigenvalue weighted by Crippen LogP contribution is 2.34. The fraction of sp³-hybridized carbons (Fsp3) is 0.562. The normalized spacial score (nSPS) is 20.4. The van der Waals surface area contributed by atoms with Gasteiger partial charge in [0.05, 0.1) is 13.2 Å². The minimum atomic E-state index is 0.117. The van der Waals surface area contributed by atoms with Crippen molar-refractivity contribution < 1.29 is 9.53 Å². The molecule has 1 amide bonds. The van der Waals surface area contributed by atoms with Gasteiger partial charge in [0.25, 0.3) is 0 Å². The van der Waals surface area contributed by atoms with Crippen LogP contribution in [0.3, 0.4) is 0 Å². The van der Waals surface area contributed by atoms with Crippen LogP contribution in [-0.4, -0.2) is 24.5 Å². The molecule has 2 rings (SSSR count). The highest BCUT2D eigenvalue weighted by atomic mass is 16.5. The molecule has 0 spiro atoms. The minimum Gasteiger partial charge on any atom is -0.497 e. The number of hydrogen-bond acceptors (Lipinski definition) is 2. The maximum atomic E-state index is 12.4. The molecule has 1 heterocycles. The zero-order chi connectivity index (χ0) is 13.8. The number of ether oxygens (including phenoxy) is 1. The molecule has 1 aromatic rings. The smallest absolute Gasteiger partial charge is 0.225 e. The Labute approximate surface area is 115 Å². The van der Waals surface area contributed by atoms with Gasteiger partial charge in [-0.25, -0.2) is 0 Å². The molecule has 1 saturated heterocycles. The molecule has 2 atom stereocenters. The molecule has 19 heavy (non-hydrogen) atoms. The van der Waals surface area contributed by atoms with Crippen LogP contribution in [0, 0.1) is 5.92 Å². The first-order valence-corrected chi connectivity index (χ1v) is 7.11. The standard InChI is InChI=1S/C16H23NO2/c1-4-12(2)16(18)17-10-6-9-15(17)13-7-5-8-14(11-13)19-3/h5,7-8,11-12,15H,4,6,9-10H2,1-3H3/t12-,15-/m1/s1. The van der Waals surface area contributed by atoms with Crippen LogP contribution in [0.2, 0.25) is 0 Å². The lowest BCUT2D eigenvalue weighted by Gasteiger charge is -2.27. The Hall–Kier alpha value is -1.51. The third-order valence-electron chi connectivity index (χ3n) is 4.05. The molecule has 1 aromatic carbocycles. The number of carbonyl (C=O) groups is 1. The second-order valence-electron chi connectivity index (χ2n) is 5.28. The van der Waals surface area contributed by atoms with E-state index in [9.17, 15) is 4.79 Å². The summed E-state index contributed by atoms with van der Waals surface area (Å²) >= 11 is 0. The molecule has 0 bridgehead atoms. The van der Waals surface area contributed by atoms with Crippen LogP contribution in [-0.2, 0) is 4.79 Å². The van der Waals surface area contributed by atoms with Crippen molar-refractivity contribution in [3.8, 4) is 5.75 Å². The molecular weight excluding hydrogens is 238 g/mol. The van der Waals surface area contributed by atoms with Crippen molar-refractivity contribution in [3.05, 3.63) is 29.8 Å². The number of methoxy groups -OCH3 is 1. The van der Waals surface area contributed by atoms with Crippen LogP contribution in [0.1, 0.15) is 44.7 Å². The van der Waals surface area contributed by atoms with E-state index in [2.05, 4.69) is 13.0 Å². The first-order valence-electron chi connectivity index (χ1n) is 7.11. The van der Waals surface area contributed by atoms with Gasteiger partial charge >= 0.3 is 0 Å². The SMILES string of the molecule is CC[C@@H](C)C(=O)N1CCC[C@@H]1c1cccc(OC)c1. The lowest BCUT2D eigenvalue weighted by atomic mass is 10.0. The predicted molar refractivity (Wildman–Crippen MR) is 76.1 cm³/mol. The Morgan fingerprint density at radius 3 is 3.00 bits per heavy atom. The lowest BCUT2D eigenvalue weighted by molar-refractivity contribution is -0.136. The Bertz CT molecular complexity index is 444. The zero-order valence-corrected chi connectivity index (χ0v) is 12.1. The van der Waals surface area contributed by atoms with Crippen molar-refractivity contribution in [3.63, 3.8) is 0 Å². The highest BCUT2D eigenvalue weighted by Gasteiger charge is 2.31. The van der Waals surface area contributed by atoms with E-state index >= 15 is 0 Å². The summed E-state index contributed by atoms with van der Waals surface area (Å²) < 4.78 is 5.28. The number of hydrogen-bond donors (Lipinski definition) is 0. The van der Waals surface area contributed by atoms with Gasteiger partial charge in [-0.2, -0.15) is 0 Å². The second-order valence-corrected chi connectivity index (χ2v) is 5.28. The van der Waals surface area contributed by atoms with Crippen LogP contribution >= 0.6 is 0 Å². The summed E-state index contributed by atoms with van der Waals surface area (Å²) in [4.78, 5) is 14.5. The highest BCUT2D eigenvalue weighted by molar-refractivity contribution is 5.79. The molecule has 0 radical (unpaired) electrons. The van der Waals surface area contributed by atoms with Crippen molar-refractivity contribution in [2.75, 3.05) is 13.7 Å². The summed E-state index contributed by atoms with van der Waals surface area (Å²) in [6.07, 6.45) is 3.04. The van der Waals surface area contributed by atoms with Gasteiger partial charge in [-0.15, -0.1) is 0 Å². The van der Waals surface area contributed by atoms with Crippen molar-refractivity contribution in [1.29, 1.82) is 0 Å². The number of likely N-dealkylation sites (tertiary alicyclic amines) is 1. The van der Waals surface area contributed by atoms with Crippen LogP contribution < -0.4 is 4.74 Å². The van der Waals surface area contributed by atoms with E-state index in [0.717, 1.165) is 31.6 Å². The fourth-order valence-electron chi connectivity index (χ4n) is 2.68. The van der Waals surface area contributed by atoms with Crippen molar-refractivity contribution in [1.82, 2.24) is 4.90 Å². The summed E-state index contributed by atoms with van der Waals surface area (Å²) in [5, 5.41) is 0. The number of carbonyl (C=O) groups excluding carboxylic acids is 1. The fourth-order valence-corrected chi connectivity index (χ4v) is 2.68. The van der Waals surface area contributed by atoms with Crippen LogP contribution in [0.4, 0.5) is 0 Å². The molecule has 0 N–H and O–H groups in total. The first kappa shape index (κ1) is 13.9. The first-order chi connectivity index (χ1) is 9.17. The van der Waals surface area contributed by atoms with Gasteiger partial charge in [0.2, 0.25) is 5.91 Å². The van der Waals surface area contributed by atoms with Gasteiger partial charge < -0.3 is 9.64 Å². The summed E-state index contributed by atoms with van der Waals surface area (Å²) in [5.41, 5.74) is 1.19. The van der Waals surface area contributed by atoms with Gasteiger partial charge in [0.1, 0.15) is 5.75 Å². The van der Waals surface area contributed by atoms with E-state index in [1.54, 1.807) is 7.11 Å². The number of rotatable bonds is 4. The molecule has 3 nitrogen and oxygen atoms in total. The van der Waals surface area contributed by atoms with E-state index in [4.69, 9.17) is 4.74 Å². The van der Waals surface area contributed by atoms with E-state index in [1.165, 1.54) is 5.56 Å². The summed E-state index contributed by atoms with van der Waals surface area (Å²) in [6.45, 7) is 4.97. The third kappa shape index (κ3) is 2.91. The Morgan fingerprint density at radius 2 is 2.32 bits per heavy atom. The van der Waals surface area contributed by atoms with Gasteiger partial charge in [-0.05, 0) is 37.0 Å². The van der Waals surface area contributed by atoms with E-state index in [0.29, 0.717) is 0 Å². The van der Waals surface area contributed by atoms with Crippen molar-refractivity contribution in [2.24, 2.45) is 5.92 Å². The summed E-state index contributed by atoms with van der Waals surface area (Å²) in [7, 11) is 1.68. The summed E-state index contributed by atoms with van der Waals surface area (Å²) in [6, 6.07) is 8.30. The molecule has 1 fully saturated rings. The van der Waals surface area contributed by atoms with Crippen LogP contribution in [0.5, 0.6) is 5.75 Å². The second kappa shape index (κ2) is 6.09. The van der Waals surface area contributed by atoms with Crippen LogP contribution in [0.15, 0.2) is 24.3 Å². The van der Waals surface area contributed by atoms with Crippen LogP contribution in [0.25, 0.3) is 0 Å². The maximum absolute atomic E-state index is 12.4. The van der Waals surface area contributed by atoms with E-state index < -0.39 is 0 Å². The number of nitrogens with zero attached hydrogens (tertiary/aromatic N) is 1. The molecule has 0 saturated carbocycles. The molecule has 0 unspecified atom stereocenters. The van der Waals surface area contributed by atoms with Gasteiger partial charge in [0.15, 0.2) is 0 Å². The molecule has 3 heteroatoms. The molecule has 0 aromatic heterocycles. The number of amides is 1. The Kier molecular flexibility index (Phi) is 4.46. The largest absolute Gasteiger partial charge is 0.497 e. The monoisotopic (exact) mass is 261 g/mol. The van der Waals surface area contributed by atoms with E-state index in [1.807, 2.05) is 30.0 Å². The van der Waals surface area contributed by atoms with Gasteiger partial charge in [-0.1, -0.05) is 26.0 Å². The average Bonchev–Trinajstić information content (AvgIpc) is 2.95. The maximum Gasteiger partial charge on any atom is 0.225 e. The number of benzene rings is 1. The van der Waals surface area contributed by atoms with E-state index in [-0.39, 0.29) is 17.9 Å². The summed E-state index contributed by atoms with van der Waals surface area (Å²) in [5.74, 6) is 1.26. The van der Waals surface area contributed by atoms with Gasteiger partial charge in [0, 0.05) is 12.5 Å². The average molecular weight is 261 g/mol. The zero-order valence-electron chi connectivity index (χ0n) is 12.1. The molecule has 1 aliphatic heterocycles. The molecule has 0 aliphatic carbocycles. The van der Waals surface area contributed by atoms with Gasteiger partial charge in [-0.3, -0.25) is 4.79 Å². The van der Waals surface area contributed by atoms with Crippen molar-refractivity contribution >= 4 is 5.91 Å². The predicted octanol–water partition coefficient (Wildman–Crippen LogP) is 3.40. The lowest BCUT2D eigenvalue weighted by Crippen LogP contribution is -2.34. The minimum absolute atomic E-state index is 0.117. The quantitative estimate of drug-likeness (QED) is 0.831.